The van der Waals surface area contributed by atoms with Gasteiger partial charge in [0.05, 0.1) is 10.6 Å². The molecule has 2 aromatic rings. The molecule has 1 aromatic heterocycles. The molecule has 0 aliphatic rings. The third-order valence-corrected chi connectivity index (χ3v) is 3.66. The highest BCUT2D eigenvalue weighted by Crippen LogP contribution is 2.29. The van der Waals surface area contributed by atoms with Crippen LogP contribution in [0.15, 0.2) is 28.7 Å². The van der Waals surface area contributed by atoms with Crippen molar-refractivity contribution in [2.75, 3.05) is 5.32 Å². The van der Waals surface area contributed by atoms with E-state index in [1.807, 2.05) is 0 Å². The summed E-state index contributed by atoms with van der Waals surface area (Å²) in [4.78, 5) is 22.0. The zero-order valence-corrected chi connectivity index (χ0v) is 13.7. The molecular formula is C13H10BrF3N4O3. The Balaban J connectivity index is 2.12. The molecule has 0 saturated heterocycles. The van der Waals surface area contributed by atoms with E-state index in [0.717, 1.165) is 10.7 Å². The smallest absolute Gasteiger partial charge is 0.323 e. The van der Waals surface area contributed by atoms with Gasteiger partial charge in [0.15, 0.2) is 5.69 Å². The van der Waals surface area contributed by atoms with Crippen LogP contribution in [0.25, 0.3) is 0 Å². The summed E-state index contributed by atoms with van der Waals surface area (Å²) in [5.74, 6) is -0.621. The SMILES string of the molecule is Cc1cc(C(F)(F)F)nn1CC(=O)Nc1ccc([N+](=O)[O-])cc1Br. The highest BCUT2D eigenvalue weighted by atomic mass is 79.9. The van der Waals surface area contributed by atoms with Gasteiger partial charge in [-0.1, -0.05) is 0 Å². The van der Waals surface area contributed by atoms with Gasteiger partial charge in [-0.2, -0.15) is 18.3 Å². The van der Waals surface area contributed by atoms with Crippen LogP contribution in [-0.4, -0.2) is 20.6 Å². The lowest BCUT2D eigenvalue weighted by atomic mass is 10.3. The second-order valence-corrected chi connectivity index (χ2v) is 5.65. The predicted octanol–water partition coefficient (Wildman–Crippen LogP) is 3.52. The van der Waals surface area contributed by atoms with Crippen molar-refractivity contribution in [1.29, 1.82) is 0 Å². The van der Waals surface area contributed by atoms with Gasteiger partial charge in [0.1, 0.15) is 6.54 Å². The molecule has 0 atom stereocenters. The van der Waals surface area contributed by atoms with Crippen molar-refractivity contribution in [2.24, 2.45) is 0 Å². The number of rotatable bonds is 4. The molecule has 1 heterocycles. The first kappa shape index (κ1) is 17.9. The number of nitro groups is 1. The summed E-state index contributed by atoms with van der Waals surface area (Å²) in [6.07, 6.45) is -4.59. The van der Waals surface area contributed by atoms with Gasteiger partial charge in [0, 0.05) is 22.3 Å². The lowest BCUT2D eigenvalue weighted by molar-refractivity contribution is -0.384. The van der Waals surface area contributed by atoms with Crippen LogP contribution < -0.4 is 5.32 Å². The first-order valence-electron chi connectivity index (χ1n) is 6.43. The second-order valence-electron chi connectivity index (χ2n) is 4.80. The monoisotopic (exact) mass is 406 g/mol. The van der Waals surface area contributed by atoms with Crippen molar-refractivity contribution in [3.8, 4) is 0 Å². The maximum Gasteiger partial charge on any atom is 0.435 e. The minimum absolute atomic E-state index is 0.169. The summed E-state index contributed by atoms with van der Waals surface area (Å²) in [5, 5.41) is 16.4. The van der Waals surface area contributed by atoms with E-state index in [9.17, 15) is 28.1 Å². The number of benzene rings is 1. The van der Waals surface area contributed by atoms with E-state index in [0.29, 0.717) is 0 Å². The molecule has 0 spiro atoms. The third kappa shape index (κ3) is 4.10. The van der Waals surface area contributed by atoms with Crippen LogP contribution in [0.3, 0.4) is 0 Å². The van der Waals surface area contributed by atoms with Crippen molar-refractivity contribution in [1.82, 2.24) is 9.78 Å². The van der Waals surface area contributed by atoms with Gasteiger partial charge in [-0.3, -0.25) is 19.6 Å². The Morgan fingerprint density at radius 1 is 1.42 bits per heavy atom. The van der Waals surface area contributed by atoms with Gasteiger partial charge in [-0.25, -0.2) is 0 Å². The Morgan fingerprint density at radius 2 is 2.08 bits per heavy atom. The van der Waals surface area contributed by atoms with Crippen molar-refractivity contribution in [3.63, 3.8) is 0 Å². The molecule has 1 N–H and O–H groups in total. The topological polar surface area (TPSA) is 90.1 Å². The zero-order chi connectivity index (χ0) is 18.1. The fourth-order valence-corrected chi connectivity index (χ4v) is 2.32. The van der Waals surface area contributed by atoms with Gasteiger partial charge >= 0.3 is 6.18 Å². The molecule has 128 valence electrons. The Bertz CT molecular complexity index is 804. The number of alkyl halides is 3. The van der Waals surface area contributed by atoms with Crippen molar-refractivity contribution < 1.29 is 22.9 Å². The molecule has 24 heavy (non-hydrogen) atoms. The number of halogens is 4. The maximum atomic E-state index is 12.6. The lowest BCUT2D eigenvalue weighted by Gasteiger charge is -2.08. The van der Waals surface area contributed by atoms with E-state index in [1.165, 1.54) is 25.1 Å². The quantitative estimate of drug-likeness (QED) is 0.621. The molecule has 0 bridgehead atoms. The highest BCUT2D eigenvalue weighted by molar-refractivity contribution is 9.10. The Kier molecular flexibility index (Phi) is 4.92. The Labute approximate surface area is 141 Å². The fourth-order valence-electron chi connectivity index (χ4n) is 1.85. The summed E-state index contributed by atoms with van der Waals surface area (Å²) in [6, 6.07) is 4.56. The summed E-state index contributed by atoms with van der Waals surface area (Å²) >= 11 is 3.08. The van der Waals surface area contributed by atoms with Crippen molar-refractivity contribution >= 4 is 33.2 Å². The number of non-ortho nitro benzene ring substituents is 1. The summed E-state index contributed by atoms with van der Waals surface area (Å²) < 4.78 is 39.0. The number of carbonyl (C=O) groups excluding carboxylic acids is 1. The van der Waals surface area contributed by atoms with Gasteiger partial charge in [-0.05, 0) is 35.0 Å². The van der Waals surface area contributed by atoms with Gasteiger partial charge in [0.2, 0.25) is 5.91 Å². The standard InChI is InChI=1S/C13H10BrF3N4O3/c1-7-4-11(13(15,16)17)19-20(7)6-12(22)18-10-3-2-8(21(23)24)5-9(10)14/h2-5H,6H2,1H3,(H,18,22). The number of nitrogens with one attached hydrogen (secondary N) is 1. The summed E-state index contributed by atoms with van der Waals surface area (Å²) in [5.41, 5.74) is -0.811. The number of aromatic nitrogens is 2. The molecule has 0 aliphatic carbocycles. The van der Waals surface area contributed by atoms with E-state index in [1.54, 1.807) is 0 Å². The summed E-state index contributed by atoms with van der Waals surface area (Å²) in [6.45, 7) is 0.975. The average molecular weight is 407 g/mol. The van der Waals surface area contributed by atoms with Crippen molar-refractivity contribution in [3.05, 3.63) is 50.2 Å². The van der Waals surface area contributed by atoms with Crippen LogP contribution in [0, 0.1) is 17.0 Å². The molecule has 0 saturated carbocycles. The molecule has 7 nitrogen and oxygen atoms in total. The maximum absolute atomic E-state index is 12.6. The van der Waals surface area contributed by atoms with Crippen LogP contribution in [-0.2, 0) is 17.5 Å². The largest absolute Gasteiger partial charge is 0.435 e. The molecule has 0 fully saturated rings. The van der Waals surface area contributed by atoms with Crippen LogP contribution in [0.4, 0.5) is 24.5 Å². The lowest BCUT2D eigenvalue weighted by Crippen LogP contribution is -2.21. The van der Waals surface area contributed by atoms with E-state index >= 15 is 0 Å². The van der Waals surface area contributed by atoms with E-state index in [2.05, 4.69) is 26.3 Å². The average Bonchev–Trinajstić information content (AvgIpc) is 2.82. The van der Waals surface area contributed by atoms with E-state index in [4.69, 9.17) is 0 Å². The number of nitro benzene ring substituents is 1. The minimum Gasteiger partial charge on any atom is -0.323 e. The van der Waals surface area contributed by atoms with E-state index in [-0.39, 0.29) is 21.5 Å². The fraction of sp³-hybridized carbons (Fsp3) is 0.231. The molecule has 2 rings (SSSR count). The summed E-state index contributed by atoms with van der Waals surface area (Å²) in [7, 11) is 0. The minimum atomic E-state index is -4.59. The first-order valence-corrected chi connectivity index (χ1v) is 7.22. The predicted molar refractivity (Wildman–Crippen MR) is 81.4 cm³/mol. The number of hydrogen-bond donors (Lipinski definition) is 1. The highest BCUT2D eigenvalue weighted by Gasteiger charge is 2.34. The second kappa shape index (κ2) is 6.59. The molecule has 0 unspecified atom stereocenters. The normalized spacial score (nSPS) is 11.4. The Morgan fingerprint density at radius 3 is 2.58 bits per heavy atom. The zero-order valence-electron chi connectivity index (χ0n) is 12.1. The molecule has 0 radical (unpaired) electrons. The number of anilines is 1. The molecule has 0 aliphatic heterocycles. The van der Waals surface area contributed by atoms with Crippen LogP contribution in [0.1, 0.15) is 11.4 Å². The number of carbonyl (C=O) groups is 1. The molecule has 1 amide bonds. The number of hydrogen-bond acceptors (Lipinski definition) is 4. The van der Waals surface area contributed by atoms with E-state index < -0.39 is 29.2 Å². The van der Waals surface area contributed by atoms with Crippen LogP contribution in [0.5, 0.6) is 0 Å². The van der Waals surface area contributed by atoms with Gasteiger partial charge in [-0.15, -0.1) is 0 Å². The first-order chi connectivity index (χ1) is 11.1. The number of nitrogens with zero attached hydrogens (tertiary/aromatic N) is 3. The molecule has 11 heteroatoms. The Hall–Kier alpha value is -2.43. The third-order valence-electron chi connectivity index (χ3n) is 3.00. The number of aryl methyl sites for hydroxylation is 1. The molecular weight excluding hydrogens is 397 g/mol. The number of amides is 1. The molecule has 1 aromatic carbocycles. The van der Waals surface area contributed by atoms with Crippen LogP contribution >= 0.6 is 15.9 Å². The van der Waals surface area contributed by atoms with Crippen molar-refractivity contribution in [2.45, 2.75) is 19.6 Å². The van der Waals surface area contributed by atoms with Gasteiger partial charge < -0.3 is 5.32 Å². The van der Waals surface area contributed by atoms with Gasteiger partial charge in [0.25, 0.3) is 5.69 Å². The van der Waals surface area contributed by atoms with Crippen LogP contribution in [0.2, 0.25) is 0 Å².